The zero-order valence-electron chi connectivity index (χ0n) is 20.5. The number of furan rings is 4. The normalized spacial score (nSPS) is 12.8. The number of hydrogen-bond acceptors (Lipinski definition) is 6. The highest BCUT2D eigenvalue weighted by Crippen LogP contribution is 2.24. The number of allylic oxidation sites excluding steroid dienone is 4. The second kappa shape index (κ2) is 10.8. The molecule has 0 radical (unpaired) electrons. The minimum absolute atomic E-state index is 0.142. The molecule has 36 heavy (non-hydrogen) atoms. The molecule has 4 heterocycles. The van der Waals surface area contributed by atoms with Crippen molar-refractivity contribution in [2.45, 2.75) is 27.7 Å². The van der Waals surface area contributed by atoms with Gasteiger partial charge in [0.05, 0.1) is 0 Å². The topological polar surface area (TPSA) is 86.7 Å². The number of aryl methyl sites for hydroxylation is 4. The Hall–Kier alpha value is -4.58. The molecule has 0 unspecified atom stereocenters. The number of hydrogen-bond donors (Lipinski definition) is 0. The highest BCUT2D eigenvalue weighted by molar-refractivity contribution is 6.24. The van der Waals surface area contributed by atoms with E-state index in [1.807, 2.05) is 26.0 Å². The largest absolute Gasteiger partial charge is 0.462 e. The van der Waals surface area contributed by atoms with Crippen LogP contribution in [-0.4, -0.2) is 11.6 Å². The van der Waals surface area contributed by atoms with Gasteiger partial charge >= 0.3 is 0 Å². The van der Waals surface area contributed by atoms with E-state index in [0.717, 1.165) is 11.5 Å². The molecule has 0 amide bonds. The summed E-state index contributed by atoms with van der Waals surface area (Å²) >= 11 is 0. The van der Waals surface area contributed by atoms with Crippen molar-refractivity contribution in [2.24, 2.45) is 0 Å². The summed E-state index contributed by atoms with van der Waals surface area (Å²) in [6, 6.07) is 14.2. The SMILES string of the molecule is Cc1ccc(C=CC(=O)C(=Cc2ccc(C)o2)C(=Cc2ccc(C)o2)C(=O)C=Cc2ccc(C)o2)o1. The van der Waals surface area contributed by atoms with E-state index in [4.69, 9.17) is 17.7 Å². The van der Waals surface area contributed by atoms with E-state index >= 15 is 0 Å². The van der Waals surface area contributed by atoms with Crippen LogP contribution < -0.4 is 0 Å². The van der Waals surface area contributed by atoms with Gasteiger partial charge in [0.2, 0.25) is 0 Å². The highest BCUT2D eigenvalue weighted by atomic mass is 16.3. The van der Waals surface area contributed by atoms with Gasteiger partial charge in [-0.2, -0.15) is 0 Å². The molecule has 6 nitrogen and oxygen atoms in total. The highest BCUT2D eigenvalue weighted by Gasteiger charge is 2.20. The second-order valence-corrected chi connectivity index (χ2v) is 8.30. The van der Waals surface area contributed by atoms with Crippen LogP contribution in [0.1, 0.15) is 46.1 Å². The summed E-state index contributed by atoms with van der Waals surface area (Å²) < 4.78 is 22.4. The first-order valence-electron chi connectivity index (χ1n) is 11.4. The van der Waals surface area contributed by atoms with Crippen LogP contribution in [0.25, 0.3) is 24.3 Å². The molecule has 0 N–H and O–H groups in total. The van der Waals surface area contributed by atoms with Gasteiger partial charge in [0.1, 0.15) is 46.1 Å². The van der Waals surface area contributed by atoms with Crippen molar-refractivity contribution in [1.29, 1.82) is 0 Å². The molecule has 6 heteroatoms. The van der Waals surface area contributed by atoms with E-state index in [9.17, 15) is 9.59 Å². The molecule has 182 valence electrons. The Kier molecular flexibility index (Phi) is 7.35. The summed E-state index contributed by atoms with van der Waals surface area (Å²) in [6.45, 7) is 7.25. The third-order valence-corrected chi connectivity index (χ3v) is 5.24. The van der Waals surface area contributed by atoms with Crippen LogP contribution in [0.5, 0.6) is 0 Å². The van der Waals surface area contributed by atoms with Crippen LogP contribution in [0.4, 0.5) is 0 Å². The van der Waals surface area contributed by atoms with E-state index < -0.39 is 11.6 Å². The fourth-order valence-corrected chi connectivity index (χ4v) is 3.49. The van der Waals surface area contributed by atoms with Gasteiger partial charge in [-0.3, -0.25) is 9.59 Å². The van der Waals surface area contributed by atoms with E-state index in [1.54, 1.807) is 74.5 Å². The van der Waals surface area contributed by atoms with E-state index in [1.165, 1.54) is 12.2 Å². The summed E-state index contributed by atoms with van der Waals surface area (Å²) in [6.07, 6.45) is 8.98. The number of rotatable bonds is 9. The standard InChI is InChI=1S/C30H26O6/c1-19-5-9-23(33-19)13-15-29(31)27(17-25-11-7-21(3)35-25)28(18-26-12-8-22(4)36-26)30(32)16-14-24-10-6-20(2)34-24/h5-18H,1-4H3. The number of carbonyl (C=O) groups is 2. The fraction of sp³-hybridized carbons (Fsp3) is 0.133. The summed E-state index contributed by atoms with van der Waals surface area (Å²) in [7, 11) is 0. The molecule has 0 aromatic carbocycles. The predicted octanol–water partition coefficient (Wildman–Crippen LogP) is 7.32. The molecule has 0 aliphatic carbocycles. The molecule has 0 atom stereocenters. The van der Waals surface area contributed by atoms with Gasteiger partial charge in [0.25, 0.3) is 0 Å². The van der Waals surface area contributed by atoms with Crippen LogP contribution in [0.3, 0.4) is 0 Å². The Morgan fingerprint density at radius 1 is 0.500 bits per heavy atom. The second-order valence-electron chi connectivity index (χ2n) is 8.30. The van der Waals surface area contributed by atoms with Crippen molar-refractivity contribution < 1.29 is 27.3 Å². The Balaban J connectivity index is 1.78. The lowest BCUT2D eigenvalue weighted by Crippen LogP contribution is -2.09. The Morgan fingerprint density at radius 3 is 1.08 bits per heavy atom. The van der Waals surface area contributed by atoms with Gasteiger partial charge in [-0.1, -0.05) is 0 Å². The maximum Gasteiger partial charge on any atom is 0.186 e. The van der Waals surface area contributed by atoms with E-state index in [2.05, 4.69) is 0 Å². The summed E-state index contributed by atoms with van der Waals surface area (Å²) in [4.78, 5) is 26.9. The van der Waals surface area contributed by atoms with Gasteiger partial charge in [-0.25, -0.2) is 0 Å². The Bertz CT molecular complexity index is 1390. The van der Waals surface area contributed by atoms with Gasteiger partial charge in [0, 0.05) is 11.1 Å². The Morgan fingerprint density at radius 2 is 0.806 bits per heavy atom. The average molecular weight is 483 g/mol. The first-order chi connectivity index (χ1) is 17.3. The minimum Gasteiger partial charge on any atom is -0.462 e. The molecule has 0 saturated carbocycles. The molecular formula is C30H26O6. The first kappa shape index (κ1) is 24.5. The third-order valence-electron chi connectivity index (χ3n) is 5.24. The molecule has 0 spiro atoms. The fourth-order valence-electron chi connectivity index (χ4n) is 3.49. The van der Waals surface area contributed by atoms with Crippen molar-refractivity contribution in [2.75, 3.05) is 0 Å². The lowest BCUT2D eigenvalue weighted by Gasteiger charge is -2.07. The van der Waals surface area contributed by atoms with Gasteiger partial charge in [-0.05, 0) is 113 Å². The van der Waals surface area contributed by atoms with Crippen LogP contribution >= 0.6 is 0 Å². The predicted molar refractivity (Wildman–Crippen MR) is 138 cm³/mol. The molecule has 0 aliphatic heterocycles. The molecule has 4 rings (SSSR count). The van der Waals surface area contributed by atoms with Gasteiger partial charge < -0.3 is 17.7 Å². The van der Waals surface area contributed by atoms with Crippen LogP contribution in [0, 0.1) is 27.7 Å². The van der Waals surface area contributed by atoms with E-state index in [0.29, 0.717) is 34.6 Å². The zero-order valence-corrected chi connectivity index (χ0v) is 20.5. The summed E-state index contributed by atoms with van der Waals surface area (Å²) in [5, 5.41) is 0. The molecule has 0 fully saturated rings. The van der Waals surface area contributed by atoms with Crippen molar-refractivity contribution in [3.63, 3.8) is 0 Å². The third kappa shape index (κ3) is 6.30. The van der Waals surface area contributed by atoms with Crippen molar-refractivity contribution in [1.82, 2.24) is 0 Å². The average Bonchev–Trinajstić information content (AvgIpc) is 3.63. The van der Waals surface area contributed by atoms with Gasteiger partial charge in [0.15, 0.2) is 11.6 Å². The number of ketones is 2. The monoisotopic (exact) mass is 482 g/mol. The molecule has 4 aromatic heterocycles. The number of carbonyl (C=O) groups excluding carboxylic acids is 2. The summed E-state index contributed by atoms with van der Waals surface area (Å²) in [5.74, 6) is 3.96. The smallest absolute Gasteiger partial charge is 0.186 e. The molecule has 0 aliphatic rings. The quantitative estimate of drug-likeness (QED) is 0.183. The molecule has 4 aromatic rings. The van der Waals surface area contributed by atoms with Crippen molar-refractivity contribution in [3.05, 3.63) is 118 Å². The van der Waals surface area contributed by atoms with E-state index in [-0.39, 0.29) is 11.1 Å². The minimum atomic E-state index is -0.400. The van der Waals surface area contributed by atoms with Crippen LogP contribution in [0.15, 0.2) is 89.5 Å². The van der Waals surface area contributed by atoms with Gasteiger partial charge in [-0.15, -0.1) is 0 Å². The van der Waals surface area contributed by atoms with Crippen molar-refractivity contribution in [3.8, 4) is 0 Å². The summed E-state index contributed by atoms with van der Waals surface area (Å²) in [5.41, 5.74) is 0.284. The van der Waals surface area contributed by atoms with Crippen LogP contribution in [0.2, 0.25) is 0 Å². The molecule has 0 bridgehead atoms. The van der Waals surface area contributed by atoms with Crippen LogP contribution in [-0.2, 0) is 9.59 Å². The lowest BCUT2D eigenvalue weighted by molar-refractivity contribution is -0.113. The molecular weight excluding hydrogens is 456 g/mol. The zero-order chi connectivity index (χ0) is 25.7. The maximum absolute atomic E-state index is 13.4. The molecule has 0 saturated heterocycles. The van der Waals surface area contributed by atoms with Crippen molar-refractivity contribution >= 4 is 35.9 Å². The first-order valence-corrected chi connectivity index (χ1v) is 11.4. The lowest BCUT2D eigenvalue weighted by atomic mass is 9.95. The Labute approximate surface area is 208 Å². The maximum atomic E-state index is 13.4.